The number of aromatic nitrogens is 2. The summed E-state index contributed by atoms with van der Waals surface area (Å²) in [5.41, 5.74) is 4.03. The molecule has 5 heteroatoms. The minimum absolute atomic E-state index is 0.149. The van der Waals surface area contributed by atoms with Crippen molar-refractivity contribution in [3.63, 3.8) is 0 Å². The summed E-state index contributed by atoms with van der Waals surface area (Å²) in [5, 5.41) is 7.23. The second-order valence-electron chi connectivity index (χ2n) is 5.12. The Morgan fingerprint density at radius 3 is 2.81 bits per heavy atom. The number of aryl methyl sites for hydroxylation is 2. The van der Waals surface area contributed by atoms with Gasteiger partial charge in [-0.3, -0.25) is 9.48 Å². The zero-order chi connectivity index (χ0) is 15.0. The molecule has 0 aliphatic carbocycles. The van der Waals surface area contributed by atoms with Crippen LogP contribution in [-0.4, -0.2) is 22.3 Å². The standard InChI is InChI=1S/C16H17N3O2/c1-10-15(11(2)19(3)18-10)17-16(20)13-8-12-6-4-5-7-14(12)21-9-13/h4-8H,9H2,1-3H3,(H,17,20). The lowest BCUT2D eigenvalue weighted by atomic mass is 10.1. The number of carbonyl (C=O) groups excluding carboxylic acids is 1. The van der Waals surface area contributed by atoms with Crippen LogP contribution in [0.5, 0.6) is 5.75 Å². The van der Waals surface area contributed by atoms with Gasteiger partial charge in [0, 0.05) is 12.6 Å². The van der Waals surface area contributed by atoms with E-state index in [1.54, 1.807) is 4.68 Å². The van der Waals surface area contributed by atoms with Gasteiger partial charge in [-0.05, 0) is 26.0 Å². The number of nitrogens with one attached hydrogen (secondary N) is 1. The molecule has 1 amide bonds. The van der Waals surface area contributed by atoms with Crippen molar-refractivity contribution >= 4 is 17.7 Å². The molecule has 1 aromatic heterocycles. The maximum absolute atomic E-state index is 12.4. The van der Waals surface area contributed by atoms with E-state index in [9.17, 15) is 4.79 Å². The molecule has 0 saturated heterocycles. The van der Waals surface area contributed by atoms with Crippen LogP contribution in [-0.2, 0) is 11.8 Å². The van der Waals surface area contributed by atoms with E-state index in [0.717, 1.165) is 28.4 Å². The van der Waals surface area contributed by atoms with Gasteiger partial charge in [-0.25, -0.2) is 0 Å². The minimum atomic E-state index is -0.149. The molecule has 0 spiro atoms. The molecular weight excluding hydrogens is 266 g/mol. The summed E-state index contributed by atoms with van der Waals surface area (Å²) >= 11 is 0. The number of amides is 1. The Balaban J connectivity index is 1.85. The highest BCUT2D eigenvalue weighted by Crippen LogP contribution is 2.27. The smallest absolute Gasteiger partial charge is 0.255 e. The molecule has 0 radical (unpaired) electrons. The lowest BCUT2D eigenvalue weighted by Crippen LogP contribution is -2.21. The van der Waals surface area contributed by atoms with Gasteiger partial charge in [-0.15, -0.1) is 0 Å². The first-order valence-corrected chi connectivity index (χ1v) is 6.80. The lowest BCUT2D eigenvalue weighted by molar-refractivity contribution is -0.113. The van der Waals surface area contributed by atoms with E-state index in [-0.39, 0.29) is 12.5 Å². The number of rotatable bonds is 2. The summed E-state index contributed by atoms with van der Waals surface area (Å²) in [6.45, 7) is 4.08. The van der Waals surface area contributed by atoms with E-state index in [2.05, 4.69) is 10.4 Å². The largest absolute Gasteiger partial charge is 0.488 e. The summed E-state index contributed by atoms with van der Waals surface area (Å²) in [6.07, 6.45) is 1.87. The van der Waals surface area contributed by atoms with E-state index >= 15 is 0 Å². The van der Waals surface area contributed by atoms with Gasteiger partial charge < -0.3 is 10.1 Å². The van der Waals surface area contributed by atoms with Crippen LogP contribution in [0.4, 0.5) is 5.69 Å². The number of nitrogens with zero attached hydrogens (tertiary/aromatic N) is 2. The molecule has 0 saturated carbocycles. The van der Waals surface area contributed by atoms with Gasteiger partial charge in [0.15, 0.2) is 0 Å². The highest BCUT2D eigenvalue weighted by atomic mass is 16.5. The van der Waals surface area contributed by atoms with Gasteiger partial charge in [-0.1, -0.05) is 18.2 Å². The fraction of sp³-hybridized carbons (Fsp3) is 0.250. The maximum Gasteiger partial charge on any atom is 0.255 e. The fourth-order valence-corrected chi connectivity index (χ4v) is 2.40. The van der Waals surface area contributed by atoms with Crippen LogP contribution in [0.1, 0.15) is 17.0 Å². The van der Waals surface area contributed by atoms with E-state index in [0.29, 0.717) is 5.57 Å². The zero-order valence-corrected chi connectivity index (χ0v) is 12.3. The van der Waals surface area contributed by atoms with E-state index in [4.69, 9.17) is 4.74 Å². The third-order valence-corrected chi connectivity index (χ3v) is 3.67. The molecule has 1 aliphatic heterocycles. The Kier molecular flexibility index (Phi) is 3.25. The molecule has 108 valence electrons. The summed E-state index contributed by atoms with van der Waals surface area (Å²) in [6, 6.07) is 7.67. The lowest BCUT2D eigenvalue weighted by Gasteiger charge is -2.17. The molecule has 2 heterocycles. The van der Waals surface area contributed by atoms with Crippen LogP contribution in [0.3, 0.4) is 0 Å². The van der Waals surface area contributed by atoms with Gasteiger partial charge >= 0.3 is 0 Å². The Bertz CT molecular complexity index is 744. The summed E-state index contributed by atoms with van der Waals surface area (Å²) < 4.78 is 7.37. The van der Waals surface area contributed by atoms with Crippen molar-refractivity contribution in [3.8, 4) is 5.75 Å². The van der Waals surface area contributed by atoms with Gasteiger partial charge in [0.05, 0.1) is 22.6 Å². The molecule has 5 nitrogen and oxygen atoms in total. The first kappa shape index (κ1) is 13.4. The molecule has 2 aromatic rings. The Hall–Kier alpha value is -2.56. The Morgan fingerprint density at radius 1 is 1.33 bits per heavy atom. The van der Waals surface area contributed by atoms with Gasteiger partial charge in [0.25, 0.3) is 5.91 Å². The molecule has 0 atom stereocenters. The number of fused-ring (bicyclic) bond motifs is 1. The Morgan fingerprint density at radius 2 is 2.10 bits per heavy atom. The predicted octanol–water partition coefficient (Wildman–Crippen LogP) is 2.45. The van der Waals surface area contributed by atoms with Crippen LogP contribution in [0, 0.1) is 13.8 Å². The summed E-state index contributed by atoms with van der Waals surface area (Å²) in [7, 11) is 1.86. The molecule has 0 unspecified atom stereocenters. The van der Waals surface area contributed by atoms with Gasteiger partial charge in [0.1, 0.15) is 12.4 Å². The van der Waals surface area contributed by atoms with Crippen molar-refractivity contribution in [2.45, 2.75) is 13.8 Å². The quantitative estimate of drug-likeness (QED) is 0.921. The van der Waals surface area contributed by atoms with E-state index in [1.165, 1.54) is 0 Å². The topological polar surface area (TPSA) is 56.2 Å². The third-order valence-electron chi connectivity index (χ3n) is 3.67. The number of hydrogen-bond donors (Lipinski definition) is 1. The molecular formula is C16H17N3O2. The number of hydrogen-bond acceptors (Lipinski definition) is 3. The van der Waals surface area contributed by atoms with Gasteiger partial charge in [-0.2, -0.15) is 5.10 Å². The zero-order valence-electron chi connectivity index (χ0n) is 12.3. The van der Waals surface area contributed by atoms with Crippen LogP contribution in [0.15, 0.2) is 29.8 Å². The second kappa shape index (κ2) is 5.09. The molecule has 21 heavy (non-hydrogen) atoms. The third kappa shape index (κ3) is 2.42. The average Bonchev–Trinajstić information content (AvgIpc) is 2.73. The Labute approximate surface area is 123 Å². The first-order chi connectivity index (χ1) is 10.1. The first-order valence-electron chi connectivity index (χ1n) is 6.80. The maximum atomic E-state index is 12.4. The number of benzene rings is 1. The molecule has 3 rings (SSSR count). The SMILES string of the molecule is Cc1nn(C)c(C)c1NC(=O)C1=Cc2ccccc2OC1. The number of para-hydroxylation sites is 1. The monoisotopic (exact) mass is 283 g/mol. The number of anilines is 1. The van der Waals surface area contributed by atoms with Crippen LogP contribution in [0.2, 0.25) is 0 Å². The van der Waals surface area contributed by atoms with Crippen molar-refractivity contribution in [2.24, 2.45) is 7.05 Å². The van der Waals surface area contributed by atoms with E-state index in [1.807, 2.05) is 51.2 Å². The highest BCUT2D eigenvalue weighted by Gasteiger charge is 2.19. The van der Waals surface area contributed by atoms with Crippen LogP contribution in [0.25, 0.3) is 6.08 Å². The van der Waals surface area contributed by atoms with Crippen LogP contribution >= 0.6 is 0 Å². The van der Waals surface area contributed by atoms with Crippen molar-refractivity contribution in [1.29, 1.82) is 0 Å². The predicted molar refractivity (Wildman–Crippen MR) is 81.2 cm³/mol. The average molecular weight is 283 g/mol. The highest BCUT2D eigenvalue weighted by molar-refractivity contribution is 6.08. The number of carbonyl (C=O) groups is 1. The fourth-order valence-electron chi connectivity index (χ4n) is 2.40. The van der Waals surface area contributed by atoms with Crippen molar-refractivity contribution in [3.05, 3.63) is 46.8 Å². The van der Waals surface area contributed by atoms with E-state index < -0.39 is 0 Å². The molecule has 1 aromatic carbocycles. The molecule has 0 bridgehead atoms. The minimum Gasteiger partial charge on any atom is -0.488 e. The number of ether oxygens (including phenoxy) is 1. The molecule has 1 aliphatic rings. The summed E-state index contributed by atoms with van der Waals surface area (Å²) in [5.74, 6) is 0.659. The van der Waals surface area contributed by atoms with Gasteiger partial charge in [0.2, 0.25) is 0 Å². The van der Waals surface area contributed by atoms with Crippen molar-refractivity contribution < 1.29 is 9.53 Å². The molecule has 1 N–H and O–H groups in total. The summed E-state index contributed by atoms with van der Waals surface area (Å²) in [4.78, 5) is 12.4. The second-order valence-corrected chi connectivity index (χ2v) is 5.12. The van der Waals surface area contributed by atoms with Crippen molar-refractivity contribution in [1.82, 2.24) is 9.78 Å². The normalized spacial score (nSPS) is 13.2. The van der Waals surface area contributed by atoms with Crippen molar-refractivity contribution in [2.75, 3.05) is 11.9 Å². The molecule has 0 fully saturated rings. The van der Waals surface area contributed by atoms with Crippen LogP contribution < -0.4 is 10.1 Å².